The van der Waals surface area contributed by atoms with Crippen LogP contribution in [0.15, 0.2) is 91.3 Å². The number of nitrogens with one attached hydrogen (secondary N) is 2. The average Bonchev–Trinajstić information content (AvgIpc) is 3.34. The van der Waals surface area contributed by atoms with Crippen LogP contribution in [0.5, 0.6) is 0 Å². The minimum atomic E-state index is -0.194. The summed E-state index contributed by atoms with van der Waals surface area (Å²) in [5, 5.41) is 10.5. The normalized spacial score (nSPS) is 10.8. The van der Waals surface area contributed by atoms with Gasteiger partial charge in [-0.3, -0.25) is 9.89 Å². The van der Waals surface area contributed by atoms with Gasteiger partial charge in [0.25, 0.3) is 5.91 Å². The summed E-state index contributed by atoms with van der Waals surface area (Å²) in [6.07, 6.45) is 1.45. The number of benzene rings is 3. The fourth-order valence-corrected chi connectivity index (χ4v) is 3.41. The van der Waals surface area contributed by atoms with Crippen molar-refractivity contribution < 1.29 is 4.79 Å². The van der Waals surface area contributed by atoms with Crippen molar-refractivity contribution in [1.29, 1.82) is 0 Å². The van der Waals surface area contributed by atoms with Gasteiger partial charge < -0.3 is 5.32 Å². The van der Waals surface area contributed by atoms with Crippen LogP contribution >= 0.6 is 0 Å². The number of carbonyl (C=O) groups is 1. The molecule has 0 unspecified atom stereocenters. The number of aromatic amines is 1. The van der Waals surface area contributed by atoms with Crippen molar-refractivity contribution in [3.05, 3.63) is 96.8 Å². The van der Waals surface area contributed by atoms with E-state index < -0.39 is 0 Å². The number of aromatic nitrogens is 4. The SMILES string of the molecule is O=C(Nc1cccc(-c2ncn[nH]2)c1)c1cc(-c2ccccc2)nc2ccccc12. The van der Waals surface area contributed by atoms with Crippen molar-refractivity contribution in [2.45, 2.75) is 0 Å². The van der Waals surface area contributed by atoms with E-state index in [4.69, 9.17) is 4.98 Å². The second-order valence-electron chi connectivity index (χ2n) is 6.81. The zero-order valence-corrected chi connectivity index (χ0v) is 15.9. The first-order chi connectivity index (χ1) is 14.8. The summed E-state index contributed by atoms with van der Waals surface area (Å²) in [6.45, 7) is 0. The number of hydrogen-bond acceptors (Lipinski definition) is 4. The second-order valence-corrected chi connectivity index (χ2v) is 6.81. The number of pyridine rings is 1. The first-order valence-corrected chi connectivity index (χ1v) is 9.50. The molecule has 0 spiro atoms. The molecular weight excluding hydrogens is 374 g/mol. The van der Waals surface area contributed by atoms with Gasteiger partial charge in [0, 0.05) is 22.2 Å². The zero-order chi connectivity index (χ0) is 20.3. The Hall–Kier alpha value is -4.32. The molecule has 0 radical (unpaired) electrons. The van der Waals surface area contributed by atoms with Crippen LogP contribution in [0.25, 0.3) is 33.5 Å². The second kappa shape index (κ2) is 7.60. The monoisotopic (exact) mass is 391 g/mol. The average molecular weight is 391 g/mol. The van der Waals surface area contributed by atoms with E-state index in [2.05, 4.69) is 20.5 Å². The molecule has 3 aromatic carbocycles. The van der Waals surface area contributed by atoms with Crippen LogP contribution < -0.4 is 5.32 Å². The molecule has 2 aromatic heterocycles. The Morgan fingerprint density at radius 2 is 1.63 bits per heavy atom. The molecular formula is C24H17N5O. The summed E-state index contributed by atoms with van der Waals surface area (Å²) in [5.41, 5.74) is 4.59. The van der Waals surface area contributed by atoms with E-state index in [1.807, 2.05) is 84.9 Å². The van der Waals surface area contributed by atoms with E-state index in [0.717, 1.165) is 27.7 Å². The fraction of sp³-hybridized carbons (Fsp3) is 0. The Morgan fingerprint density at radius 3 is 2.47 bits per heavy atom. The van der Waals surface area contributed by atoms with E-state index >= 15 is 0 Å². The van der Waals surface area contributed by atoms with Gasteiger partial charge >= 0.3 is 0 Å². The number of amides is 1. The number of carbonyl (C=O) groups excluding carboxylic acids is 1. The highest BCUT2D eigenvalue weighted by molar-refractivity contribution is 6.13. The van der Waals surface area contributed by atoms with Gasteiger partial charge in [-0.1, -0.05) is 60.7 Å². The molecule has 0 atom stereocenters. The molecule has 0 fully saturated rings. The van der Waals surface area contributed by atoms with E-state index in [-0.39, 0.29) is 5.91 Å². The Labute approximate surface area is 172 Å². The molecule has 6 nitrogen and oxygen atoms in total. The zero-order valence-electron chi connectivity index (χ0n) is 15.9. The highest BCUT2D eigenvalue weighted by Gasteiger charge is 2.14. The number of para-hydroxylation sites is 1. The van der Waals surface area contributed by atoms with Gasteiger partial charge in [0.05, 0.1) is 16.8 Å². The Bertz CT molecular complexity index is 1330. The summed E-state index contributed by atoms with van der Waals surface area (Å²) >= 11 is 0. The molecule has 2 N–H and O–H groups in total. The van der Waals surface area contributed by atoms with Gasteiger partial charge in [0.2, 0.25) is 0 Å². The first-order valence-electron chi connectivity index (χ1n) is 9.50. The van der Waals surface area contributed by atoms with Crippen LogP contribution in [0.2, 0.25) is 0 Å². The number of anilines is 1. The summed E-state index contributed by atoms with van der Waals surface area (Å²) in [4.78, 5) is 22.1. The number of H-pyrrole nitrogens is 1. The van der Waals surface area contributed by atoms with Crippen molar-refractivity contribution >= 4 is 22.5 Å². The number of hydrogen-bond donors (Lipinski definition) is 2. The van der Waals surface area contributed by atoms with Gasteiger partial charge in [0.1, 0.15) is 6.33 Å². The summed E-state index contributed by atoms with van der Waals surface area (Å²) in [7, 11) is 0. The third-order valence-corrected chi connectivity index (χ3v) is 4.84. The molecule has 5 rings (SSSR count). The highest BCUT2D eigenvalue weighted by atomic mass is 16.1. The van der Waals surface area contributed by atoms with Gasteiger partial charge in [0.15, 0.2) is 5.82 Å². The van der Waals surface area contributed by atoms with Crippen molar-refractivity contribution in [3.8, 4) is 22.6 Å². The molecule has 5 aromatic rings. The van der Waals surface area contributed by atoms with Gasteiger partial charge in [-0.25, -0.2) is 9.97 Å². The molecule has 1 amide bonds. The van der Waals surface area contributed by atoms with E-state index in [1.165, 1.54) is 6.33 Å². The van der Waals surface area contributed by atoms with Crippen molar-refractivity contribution in [3.63, 3.8) is 0 Å². The minimum absolute atomic E-state index is 0.194. The Morgan fingerprint density at radius 1 is 0.833 bits per heavy atom. The molecule has 2 heterocycles. The predicted molar refractivity (Wildman–Crippen MR) is 117 cm³/mol. The number of fused-ring (bicyclic) bond motifs is 1. The number of nitrogens with zero attached hydrogens (tertiary/aromatic N) is 3. The summed E-state index contributed by atoms with van der Waals surface area (Å²) < 4.78 is 0. The fourth-order valence-electron chi connectivity index (χ4n) is 3.41. The van der Waals surface area contributed by atoms with Gasteiger partial charge in [-0.15, -0.1) is 0 Å². The quantitative estimate of drug-likeness (QED) is 0.455. The lowest BCUT2D eigenvalue weighted by molar-refractivity contribution is 0.102. The molecule has 30 heavy (non-hydrogen) atoms. The lowest BCUT2D eigenvalue weighted by Crippen LogP contribution is -2.13. The van der Waals surface area contributed by atoms with E-state index in [1.54, 1.807) is 0 Å². The Kier molecular flexibility index (Phi) is 4.50. The maximum Gasteiger partial charge on any atom is 0.256 e. The molecule has 0 saturated heterocycles. The van der Waals surface area contributed by atoms with Crippen molar-refractivity contribution in [2.24, 2.45) is 0 Å². The minimum Gasteiger partial charge on any atom is -0.322 e. The van der Waals surface area contributed by atoms with E-state index in [9.17, 15) is 4.79 Å². The maximum atomic E-state index is 13.2. The molecule has 0 aliphatic heterocycles. The van der Waals surface area contributed by atoms with E-state index in [0.29, 0.717) is 17.1 Å². The lowest BCUT2D eigenvalue weighted by Gasteiger charge is -2.11. The topological polar surface area (TPSA) is 83.6 Å². The number of rotatable bonds is 4. The van der Waals surface area contributed by atoms with Crippen LogP contribution in [-0.4, -0.2) is 26.1 Å². The summed E-state index contributed by atoms with van der Waals surface area (Å²) in [5.74, 6) is 0.451. The third-order valence-electron chi connectivity index (χ3n) is 4.84. The molecule has 0 saturated carbocycles. The molecule has 6 heteroatoms. The lowest BCUT2D eigenvalue weighted by atomic mass is 10.0. The largest absolute Gasteiger partial charge is 0.322 e. The van der Waals surface area contributed by atoms with Crippen LogP contribution in [0.1, 0.15) is 10.4 Å². The third kappa shape index (κ3) is 3.42. The standard InChI is InChI=1S/C24H17N5O/c30-24(27-18-10-6-9-17(13-18)23-25-15-26-29-23)20-14-22(16-7-2-1-3-8-16)28-21-12-5-4-11-19(20)21/h1-15H,(H,27,30)(H,25,26,29). The smallest absolute Gasteiger partial charge is 0.256 e. The van der Waals surface area contributed by atoms with Crippen LogP contribution in [0.3, 0.4) is 0 Å². The summed E-state index contributed by atoms with van der Waals surface area (Å²) in [6, 6.07) is 26.8. The molecule has 0 aliphatic carbocycles. The molecule has 0 aliphatic rings. The van der Waals surface area contributed by atoms with Crippen LogP contribution in [0.4, 0.5) is 5.69 Å². The highest BCUT2D eigenvalue weighted by Crippen LogP contribution is 2.26. The Balaban J connectivity index is 1.54. The predicted octanol–water partition coefficient (Wildman–Crippen LogP) is 4.94. The van der Waals surface area contributed by atoms with Gasteiger partial charge in [-0.05, 0) is 24.3 Å². The van der Waals surface area contributed by atoms with Crippen molar-refractivity contribution in [2.75, 3.05) is 5.32 Å². The van der Waals surface area contributed by atoms with Crippen molar-refractivity contribution in [1.82, 2.24) is 20.2 Å². The molecule has 144 valence electrons. The maximum absolute atomic E-state index is 13.2. The van der Waals surface area contributed by atoms with Gasteiger partial charge in [-0.2, -0.15) is 5.10 Å². The first kappa shape index (κ1) is 17.8. The molecule has 0 bridgehead atoms. The van der Waals surface area contributed by atoms with Crippen LogP contribution in [0, 0.1) is 0 Å². The van der Waals surface area contributed by atoms with Crippen LogP contribution in [-0.2, 0) is 0 Å².